The van der Waals surface area contributed by atoms with E-state index in [1.165, 1.54) is 18.2 Å². The number of hydrogen-bond acceptors (Lipinski definition) is 4. The summed E-state index contributed by atoms with van der Waals surface area (Å²) in [6.45, 7) is 6.46. The van der Waals surface area contributed by atoms with Crippen LogP contribution in [-0.4, -0.2) is 52.5 Å². The van der Waals surface area contributed by atoms with Crippen LogP contribution in [0.3, 0.4) is 0 Å². The van der Waals surface area contributed by atoms with E-state index < -0.39 is 10.0 Å². The van der Waals surface area contributed by atoms with E-state index in [0.29, 0.717) is 18.0 Å². The van der Waals surface area contributed by atoms with Crippen LogP contribution in [0.25, 0.3) is 0 Å². The molecule has 6 nitrogen and oxygen atoms in total. The lowest BCUT2D eigenvalue weighted by Crippen LogP contribution is -2.32. The number of nitrogens with one attached hydrogen (secondary N) is 2. The summed E-state index contributed by atoms with van der Waals surface area (Å²) in [6, 6.07) is 6.07. The highest BCUT2D eigenvalue weighted by Gasteiger charge is 2.18. The molecule has 1 aromatic carbocycles. The predicted octanol–water partition coefficient (Wildman–Crippen LogP) is 1.61. The lowest BCUT2D eigenvalue weighted by Gasteiger charge is -2.28. The number of piperidine rings is 1. The lowest BCUT2D eigenvalue weighted by molar-refractivity contribution is 0.0948. The first-order chi connectivity index (χ1) is 11.9. The number of carbonyl (C=O) groups excluding carboxylic acids is 1. The Hall–Kier alpha value is -1.70. The number of benzene rings is 1. The molecule has 0 radical (unpaired) electrons. The van der Waals surface area contributed by atoms with E-state index in [1.807, 2.05) is 0 Å². The van der Waals surface area contributed by atoms with E-state index in [1.54, 1.807) is 12.1 Å². The van der Waals surface area contributed by atoms with Gasteiger partial charge in [-0.05, 0) is 63.5 Å². The van der Waals surface area contributed by atoms with Crippen molar-refractivity contribution in [3.8, 4) is 0 Å². The Bertz CT molecular complexity index is 695. The molecule has 1 fully saturated rings. The van der Waals surface area contributed by atoms with Crippen molar-refractivity contribution < 1.29 is 13.2 Å². The van der Waals surface area contributed by atoms with Crippen LogP contribution >= 0.6 is 0 Å². The number of likely N-dealkylation sites (tertiary alicyclic amines) is 1. The molecule has 0 aromatic heterocycles. The zero-order chi connectivity index (χ0) is 18.3. The van der Waals surface area contributed by atoms with Crippen LogP contribution < -0.4 is 10.0 Å². The van der Waals surface area contributed by atoms with E-state index in [4.69, 9.17) is 0 Å². The molecule has 2 N–H and O–H groups in total. The first-order valence-electron chi connectivity index (χ1n) is 8.60. The Morgan fingerprint density at radius 1 is 1.36 bits per heavy atom. The SMILES string of the molecule is C=CCNS(=O)(=O)c1cccc(C(=O)NCCC2CCN(C)CC2)c1. The van der Waals surface area contributed by atoms with Crippen LogP contribution in [0.15, 0.2) is 41.8 Å². The summed E-state index contributed by atoms with van der Waals surface area (Å²) in [7, 11) is -1.50. The highest BCUT2D eigenvalue weighted by atomic mass is 32.2. The Morgan fingerprint density at radius 3 is 2.76 bits per heavy atom. The highest BCUT2D eigenvalue weighted by molar-refractivity contribution is 7.89. The fourth-order valence-electron chi connectivity index (χ4n) is 2.90. The van der Waals surface area contributed by atoms with Gasteiger partial charge in [0.25, 0.3) is 5.91 Å². The smallest absolute Gasteiger partial charge is 0.251 e. The molecule has 0 saturated carbocycles. The van der Waals surface area contributed by atoms with Crippen LogP contribution in [0, 0.1) is 5.92 Å². The van der Waals surface area contributed by atoms with Crippen molar-refractivity contribution in [1.29, 1.82) is 0 Å². The maximum Gasteiger partial charge on any atom is 0.251 e. The van der Waals surface area contributed by atoms with Gasteiger partial charge in [0.15, 0.2) is 0 Å². The minimum absolute atomic E-state index is 0.0808. The zero-order valence-electron chi connectivity index (χ0n) is 14.7. The molecular formula is C18H27N3O3S. The lowest BCUT2D eigenvalue weighted by atomic mass is 9.94. The Balaban J connectivity index is 1.89. The molecule has 1 heterocycles. The van der Waals surface area contributed by atoms with E-state index >= 15 is 0 Å². The third-order valence-electron chi connectivity index (χ3n) is 4.50. The van der Waals surface area contributed by atoms with Gasteiger partial charge >= 0.3 is 0 Å². The second-order valence-corrected chi connectivity index (χ2v) is 8.23. The second-order valence-electron chi connectivity index (χ2n) is 6.46. The monoisotopic (exact) mass is 365 g/mol. The molecule has 0 unspecified atom stereocenters. The minimum atomic E-state index is -3.63. The van der Waals surface area contributed by atoms with E-state index in [2.05, 4.69) is 28.6 Å². The highest BCUT2D eigenvalue weighted by Crippen LogP contribution is 2.19. The van der Waals surface area contributed by atoms with Crippen molar-refractivity contribution in [3.05, 3.63) is 42.5 Å². The average molecular weight is 365 g/mol. The van der Waals surface area contributed by atoms with Crippen molar-refractivity contribution >= 4 is 15.9 Å². The molecule has 0 aliphatic carbocycles. The third-order valence-corrected chi connectivity index (χ3v) is 5.92. The molecule has 2 rings (SSSR count). The number of hydrogen-bond donors (Lipinski definition) is 2. The van der Waals surface area contributed by atoms with Crippen molar-refractivity contribution in [1.82, 2.24) is 14.9 Å². The van der Waals surface area contributed by atoms with Gasteiger partial charge in [-0.15, -0.1) is 6.58 Å². The van der Waals surface area contributed by atoms with Crippen LogP contribution in [0.5, 0.6) is 0 Å². The third kappa shape index (κ3) is 5.95. The molecule has 1 amide bonds. The fraction of sp³-hybridized carbons (Fsp3) is 0.500. The molecule has 7 heteroatoms. The number of nitrogens with zero attached hydrogens (tertiary/aromatic N) is 1. The summed E-state index contributed by atoms with van der Waals surface area (Å²) in [6.07, 6.45) is 4.75. The molecule has 1 aliphatic rings. The zero-order valence-corrected chi connectivity index (χ0v) is 15.5. The maximum absolute atomic E-state index is 12.3. The largest absolute Gasteiger partial charge is 0.352 e. The molecule has 0 atom stereocenters. The van der Waals surface area contributed by atoms with E-state index in [9.17, 15) is 13.2 Å². The second kappa shape index (κ2) is 9.12. The Labute approximate surface area is 150 Å². The van der Waals surface area contributed by atoms with Crippen LogP contribution in [0.1, 0.15) is 29.6 Å². The van der Waals surface area contributed by atoms with Gasteiger partial charge in [0.2, 0.25) is 10.0 Å². The van der Waals surface area contributed by atoms with Crippen LogP contribution in [0.2, 0.25) is 0 Å². The summed E-state index contributed by atoms with van der Waals surface area (Å²) < 4.78 is 26.6. The van der Waals surface area contributed by atoms with Gasteiger partial charge in [-0.25, -0.2) is 13.1 Å². The number of carbonyl (C=O) groups is 1. The number of amides is 1. The summed E-state index contributed by atoms with van der Waals surface area (Å²) >= 11 is 0. The molecule has 1 saturated heterocycles. The van der Waals surface area contributed by atoms with Crippen molar-refractivity contribution in [2.45, 2.75) is 24.2 Å². The summed E-state index contributed by atoms with van der Waals surface area (Å²) in [5.74, 6) is 0.403. The molecule has 138 valence electrons. The standard InChI is InChI=1S/C18H27N3O3S/c1-3-10-20-25(23,24)17-6-4-5-16(14-17)18(22)19-11-7-15-8-12-21(2)13-9-15/h3-6,14-15,20H,1,7-13H2,2H3,(H,19,22). The van der Waals surface area contributed by atoms with Gasteiger partial charge in [0.05, 0.1) is 4.90 Å². The van der Waals surface area contributed by atoms with Crippen molar-refractivity contribution in [2.24, 2.45) is 5.92 Å². The van der Waals surface area contributed by atoms with Crippen molar-refractivity contribution in [3.63, 3.8) is 0 Å². The molecule has 0 spiro atoms. The average Bonchev–Trinajstić information content (AvgIpc) is 2.61. The topological polar surface area (TPSA) is 78.5 Å². The number of sulfonamides is 1. The van der Waals surface area contributed by atoms with E-state index in [0.717, 1.165) is 32.4 Å². The molecule has 0 bridgehead atoms. The van der Waals surface area contributed by atoms with E-state index in [-0.39, 0.29) is 17.3 Å². The van der Waals surface area contributed by atoms with Gasteiger partial charge in [-0.3, -0.25) is 4.79 Å². The Kier molecular flexibility index (Phi) is 7.16. The fourth-order valence-corrected chi connectivity index (χ4v) is 3.94. The minimum Gasteiger partial charge on any atom is -0.352 e. The first kappa shape index (κ1) is 19.6. The maximum atomic E-state index is 12.3. The summed E-state index contributed by atoms with van der Waals surface area (Å²) in [5.41, 5.74) is 0.352. The number of rotatable bonds is 8. The van der Waals surface area contributed by atoms with Crippen LogP contribution in [0.4, 0.5) is 0 Å². The molecule has 1 aromatic rings. The van der Waals surface area contributed by atoms with Gasteiger partial charge in [0.1, 0.15) is 0 Å². The van der Waals surface area contributed by atoms with Gasteiger partial charge in [-0.1, -0.05) is 12.1 Å². The van der Waals surface area contributed by atoms with Gasteiger partial charge < -0.3 is 10.2 Å². The molecule has 25 heavy (non-hydrogen) atoms. The summed E-state index contributed by atoms with van der Waals surface area (Å²) in [5, 5.41) is 2.90. The van der Waals surface area contributed by atoms with Gasteiger partial charge in [0, 0.05) is 18.7 Å². The van der Waals surface area contributed by atoms with Crippen molar-refractivity contribution in [2.75, 3.05) is 33.2 Å². The van der Waals surface area contributed by atoms with Crippen LogP contribution in [-0.2, 0) is 10.0 Å². The summed E-state index contributed by atoms with van der Waals surface area (Å²) in [4.78, 5) is 14.7. The molecular weight excluding hydrogens is 338 g/mol. The Morgan fingerprint density at radius 2 is 2.08 bits per heavy atom. The quantitative estimate of drug-likeness (QED) is 0.686. The predicted molar refractivity (Wildman–Crippen MR) is 99.0 cm³/mol. The van der Waals surface area contributed by atoms with Gasteiger partial charge in [-0.2, -0.15) is 0 Å². The molecule has 1 aliphatic heterocycles. The normalized spacial score (nSPS) is 16.5. The first-order valence-corrected chi connectivity index (χ1v) is 10.1.